The highest BCUT2D eigenvalue weighted by atomic mass is 32.2. The van der Waals surface area contributed by atoms with Gasteiger partial charge in [0.2, 0.25) is 0 Å². The number of hydrogen-bond acceptors (Lipinski definition) is 5. The van der Waals surface area contributed by atoms with Crippen molar-refractivity contribution in [3.8, 4) is 0 Å². The molecule has 0 saturated carbocycles. The van der Waals surface area contributed by atoms with Gasteiger partial charge in [-0.05, 0) is 30.9 Å². The number of alkyl halides is 3. The largest absolute Gasteiger partial charge is 0.501 e. The van der Waals surface area contributed by atoms with E-state index in [2.05, 4.69) is 0 Å². The van der Waals surface area contributed by atoms with Gasteiger partial charge >= 0.3 is 5.51 Å². The lowest BCUT2D eigenvalue weighted by Gasteiger charge is -2.32. The zero-order valence-electron chi connectivity index (χ0n) is 12.2. The van der Waals surface area contributed by atoms with Gasteiger partial charge in [-0.25, -0.2) is 8.42 Å². The maximum atomic E-state index is 12.6. The van der Waals surface area contributed by atoms with Crippen molar-refractivity contribution >= 4 is 21.2 Å². The highest BCUT2D eigenvalue weighted by Gasteiger charge is 2.47. The van der Waals surface area contributed by atoms with E-state index in [1.54, 1.807) is 4.90 Å². The van der Waals surface area contributed by atoms with Crippen LogP contribution < -0.4 is 4.90 Å². The quantitative estimate of drug-likeness (QED) is 0.617. The first-order valence-corrected chi connectivity index (χ1v) is 8.37. The topological polar surface area (TPSA) is 80.5 Å². The fourth-order valence-corrected chi connectivity index (χ4v) is 3.41. The summed E-state index contributed by atoms with van der Waals surface area (Å²) >= 11 is 0. The summed E-state index contributed by atoms with van der Waals surface area (Å²) in [5, 5.41) is 11.2. The highest BCUT2D eigenvalue weighted by molar-refractivity contribution is 7.92. The van der Waals surface area contributed by atoms with Crippen molar-refractivity contribution in [2.45, 2.75) is 30.2 Å². The molecule has 0 bridgehead atoms. The Kier molecular flexibility index (Phi) is 4.56. The maximum Gasteiger partial charge on any atom is 0.501 e. The molecule has 0 radical (unpaired) electrons. The number of halogens is 3. The van der Waals surface area contributed by atoms with Crippen molar-refractivity contribution in [3.63, 3.8) is 0 Å². The van der Waals surface area contributed by atoms with E-state index >= 15 is 0 Å². The molecule has 1 fully saturated rings. The third-order valence-corrected chi connectivity index (χ3v) is 5.24. The van der Waals surface area contributed by atoms with Gasteiger partial charge in [-0.15, -0.1) is 0 Å². The first kappa shape index (κ1) is 17.5. The van der Waals surface area contributed by atoms with Crippen LogP contribution in [0.4, 0.5) is 24.5 Å². The summed E-state index contributed by atoms with van der Waals surface area (Å²) in [7, 11) is -5.61. The summed E-state index contributed by atoms with van der Waals surface area (Å²) in [5.74, 6) is 0.293. The van der Waals surface area contributed by atoms with E-state index in [-0.39, 0.29) is 5.69 Å². The Hall–Kier alpha value is -1.84. The number of benzene rings is 1. The van der Waals surface area contributed by atoms with E-state index in [1.165, 1.54) is 0 Å². The van der Waals surface area contributed by atoms with Crippen LogP contribution in [-0.4, -0.2) is 31.9 Å². The number of nitro groups is 1. The Morgan fingerprint density at radius 1 is 1.35 bits per heavy atom. The van der Waals surface area contributed by atoms with E-state index in [0.717, 1.165) is 25.0 Å². The van der Waals surface area contributed by atoms with E-state index in [0.29, 0.717) is 25.1 Å². The van der Waals surface area contributed by atoms with Crippen LogP contribution >= 0.6 is 0 Å². The molecule has 6 nitrogen and oxygen atoms in total. The molecule has 1 saturated heterocycles. The minimum absolute atomic E-state index is 0.141. The molecule has 0 N–H and O–H groups in total. The van der Waals surface area contributed by atoms with Crippen LogP contribution in [-0.2, 0) is 9.84 Å². The summed E-state index contributed by atoms with van der Waals surface area (Å²) in [6.07, 6.45) is 1.77. The smallest absolute Gasteiger partial charge is 0.366 e. The van der Waals surface area contributed by atoms with Gasteiger partial charge in [0.15, 0.2) is 0 Å². The summed E-state index contributed by atoms with van der Waals surface area (Å²) in [5.41, 5.74) is -5.99. The first-order valence-electron chi connectivity index (χ1n) is 6.89. The number of rotatable bonds is 3. The molecule has 1 atom stereocenters. The van der Waals surface area contributed by atoms with Gasteiger partial charge in [0.05, 0.1) is 9.82 Å². The molecular formula is C13H15F3N2O4S. The van der Waals surface area contributed by atoms with Crippen LogP contribution in [0.2, 0.25) is 0 Å². The van der Waals surface area contributed by atoms with Crippen molar-refractivity contribution in [2.24, 2.45) is 5.92 Å². The standard InChI is InChI=1S/C13H15F3N2O4S/c1-9-3-2-6-17(8-9)11-5-4-10(7-12(11)18(19)20)23(21,22)13(14,15)16/h4-5,7,9H,2-3,6,8H2,1H3/t9-/m1/s1. The van der Waals surface area contributed by atoms with Crippen LogP contribution in [0.5, 0.6) is 0 Å². The van der Waals surface area contributed by atoms with Crippen molar-refractivity contribution in [1.82, 2.24) is 0 Å². The van der Waals surface area contributed by atoms with E-state index < -0.39 is 30.9 Å². The highest BCUT2D eigenvalue weighted by Crippen LogP contribution is 2.37. The number of anilines is 1. The summed E-state index contributed by atoms with van der Waals surface area (Å²) in [6, 6.07) is 2.33. The zero-order chi connectivity index (χ0) is 17.4. The average molecular weight is 352 g/mol. The zero-order valence-corrected chi connectivity index (χ0v) is 13.0. The van der Waals surface area contributed by atoms with E-state index in [1.807, 2.05) is 6.92 Å². The Balaban J connectivity index is 2.50. The SMILES string of the molecule is C[C@@H]1CCCN(c2ccc(S(=O)(=O)C(F)(F)F)cc2[N+](=O)[O-])C1. The number of hydrogen-bond donors (Lipinski definition) is 0. The predicted molar refractivity (Wildman–Crippen MR) is 76.9 cm³/mol. The molecule has 0 spiro atoms. The maximum absolute atomic E-state index is 12.6. The predicted octanol–water partition coefficient (Wildman–Crippen LogP) is 3.12. The molecule has 2 rings (SSSR count). The van der Waals surface area contributed by atoms with Gasteiger partial charge in [-0.1, -0.05) is 6.92 Å². The molecule has 128 valence electrons. The second-order valence-electron chi connectivity index (χ2n) is 5.55. The Morgan fingerprint density at radius 2 is 2.00 bits per heavy atom. The second-order valence-corrected chi connectivity index (χ2v) is 7.49. The molecule has 1 aliphatic rings. The molecule has 0 aliphatic carbocycles. The Labute approximate surface area is 131 Å². The fraction of sp³-hybridized carbons (Fsp3) is 0.538. The fourth-order valence-electron chi connectivity index (χ4n) is 2.63. The summed E-state index contributed by atoms with van der Waals surface area (Å²) < 4.78 is 60.6. The van der Waals surface area contributed by atoms with Gasteiger partial charge in [0.25, 0.3) is 15.5 Å². The number of sulfone groups is 1. The van der Waals surface area contributed by atoms with Gasteiger partial charge in [0, 0.05) is 19.2 Å². The van der Waals surface area contributed by atoms with Crippen LogP contribution in [0.25, 0.3) is 0 Å². The van der Waals surface area contributed by atoms with Gasteiger partial charge in [0.1, 0.15) is 5.69 Å². The molecule has 0 amide bonds. The van der Waals surface area contributed by atoms with E-state index in [9.17, 15) is 31.7 Å². The molecule has 1 aliphatic heterocycles. The average Bonchev–Trinajstić information content (AvgIpc) is 2.45. The van der Waals surface area contributed by atoms with Crippen LogP contribution in [0, 0.1) is 16.0 Å². The lowest BCUT2D eigenvalue weighted by Crippen LogP contribution is -2.34. The molecule has 0 aromatic heterocycles. The molecule has 1 heterocycles. The molecule has 1 aromatic rings. The van der Waals surface area contributed by atoms with Gasteiger partial charge in [-0.3, -0.25) is 10.1 Å². The van der Waals surface area contributed by atoms with Crippen molar-refractivity contribution in [2.75, 3.05) is 18.0 Å². The number of piperidine rings is 1. The third-order valence-electron chi connectivity index (χ3n) is 3.76. The molecule has 1 aromatic carbocycles. The third kappa shape index (κ3) is 3.41. The molecular weight excluding hydrogens is 337 g/mol. The Morgan fingerprint density at radius 3 is 2.52 bits per heavy atom. The number of nitro benzene ring substituents is 1. The lowest BCUT2D eigenvalue weighted by atomic mass is 9.99. The molecule has 0 unspecified atom stereocenters. The van der Waals surface area contributed by atoms with Gasteiger partial charge < -0.3 is 4.90 Å². The minimum Gasteiger partial charge on any atom is -0.366 e. The minimum atomic E-state index is -5.61. The monoisotopic (exact) mass is 352 g/mol. The van der Waals surface area contributed by atoms with Crippen LogP contribution in [0.15, 0.2) is 23.1 Å². The van der Waals surface area contributed by atoms with E-state index in [4.69, 9.17) is 0 Å². The molecule has 23 heavy (non-hydrogen) atoms. The van der Waals surface area contributed by atoms with Crippen molar-refractivity contribution < 1.29 is 26.5 Å². The van der Waals surface area contributed by atoms with Crippen LogP contribution in [0.3, 0.4) is 0 Å². The number of nitrogens with zero attached hydrogens (tertiary/aromatic N) is 2. The van der Waals surface area contributed by atoms with Gasteiger partial charge in [-0.2, -0.15) is 13.2 Å². The Bertz CT molecular complexity index is 718. The lowest BCUT2D eigenvalue weighted by molar-refractivity contribution is -0.384. The molecule has 10 heteroatoms. The van der Waals surface area contributed by atoms with Crippen molar-refractivity contribution in [1.29, 1.82) is 0 Å². The first-order chi connectivity index (χ1) is 10.5. The normalized spacial score (nSPS) is 19.7. The summed E-state index contributed by atoms with van der Waals surface area (Å²) in [4.78, 5) is 10.9. The second kappa shape index (κ2) is 5.99. The van der Waals surface area contributed by atoms with Crippen molar-refractivity contribution in [3.05, 3.63) is 28.3 Å². The van der Waals surface area contributed by atoms with Crippen LogP contribution in [0.1, 0.15) is 19.8 Å². The summed E-state index contributed by atoms with van der Waals surface area (Å²) in [6.45, 7) is 3.04.